The van der Waals surface area contributed by atoms with Crippen LogP contribution >= 0.6 is 11.3 Å². The Bertz CT molecular complexity index is 1710. The van der Waals surface area contributed by atoms with Crippen molar-refractivity contribution >= 4 is 39.9 Å². The summed E-state index contributed by atoms with van der Waals surface area (Å²) in [5.74, 6) is -1.01. The van der Waals surface area contributed by atoms with Crippen LogP contribution in [0.2, 0.25) is 0 Å². The molecule has 0 fully saturated rings. The van der Waals surface area contributed by atoms with E-state index in [1.165, 1.54) is 15.7 Å². The third-order valence-electron chi connectivity index (χ3n) is 6.27. The first kappa shape index (κ1) is 24.9. The molecule has 5 rings (SSSR count). The minimum Gasteiger partial charge on any atom is -0.438 e. The van der Waals surface area contributed by atoms with Crippen LogP contribution in [0.3, 0.4) is 0 Å². The largest absolute Gasteiger partial charge is 0.438 e. The van der Waals surface area contributed by atoms with Crippen LogP contribution in [0.5, 0.6) is 11.6 Å². The topological polar surface area (TPSA) is 140 Å². The maximum atomic E-state index is 13.4. The molecule has 38 heavy (non-hydrogen) atoms. The monoisotopic (exact) mass is 525 g/mol. The molecule has 3 aromatic heterocycles. The molecule has 2 amide bonds. The molecule has 9 nitrogen and oxygen atoms in total. The Morgan fingerprint density at radius 2 is 1.95 bits per heavy atom. The van der Waals surface area contributed by atoms with Gasteiger partial charge >= 0.3 is 0 Å². The van der Waals surface area contributed by atoms with Gasteiger partial charge in [0.25, 0.3) is 17.4 Å². The number of thiophene rings is 1. The zero-order valence-corrected chi connectivity index (χ0v) is 21.3. The number of anilines is 1. The third-order valence-corrected chi connectivity index (χ3v) is 7.48. The zero-order chi connectivity index (χ0) is 26.8. The van der Waals surface area contributed by atoms with Gasteiger partial charge in [0.15, 0.2) is 0 Å². The average molecular weight is 526 g/mol. The quantitative estimate of drug-likeness (QED) is 0.283. The van der Waals surface area contributed by atoms with E-state index in [4.69, 9.17) is 10.5 Å². The van der Waals surface area contributed by atoms with Crippen molar-refractivity contribution in [3.8, 4) is 17.7 Å². The number of nitrogens with one attached hydrogen (secondary N) is 1. The number of rotatable bonds is 6. The second kappa shape index (κ2) is 10.3. The Kier molecular flexibility index (Phi) is 6.77. The highest BCUT2D eigenvalue weighted by Gasteiger charge is 2.26. The van der Waals surface area contributed by atoms with Crippen LogP contribution < -0.4 is 21.3 Å². The maximum absolute atomic E-state index is 13.4. The standard InChI is InChI=1S/C28H23N5O4S/c1-16-9-11-18(12-10-16)37-26-20(28(36)33-13-5-4-8-22(33)31-26)14-17(15-29)25(35)32-27-23(24(30)34)19-6-2-3-7-21(19)38-27/h4-5,8-14H,2-3,6-7H2,1H3,(H2,30,34)(H,32,35)/b17-14+. The summed E-state index contributed by atoms with van der Waals surface area (Å²) in [5.41, 5.74) is 7.21. The fourth-order valence-corrected chi connectivity index (χ4v) is 5.67. The number of nitrogens with zero attached hydrogens (tertiary/aromatic N) is 3. The Hall–Kier alpha value is -4.75. The van der Waals surface area contributed by atoms with Crippen molar-refractivity contribution in [2.45, 2.75) is 32.6 Å². The average Bonchev–Trinajstić information content (AvgIpc) is 3.28. The number of carbonyl (C=O) groups is 2. The Labute approximate surface area is 221 Å². The molecule has 0 saturated heterocycles. The van der Waals surface area contributed by atoms with Crippen molar-refractivity contribution in [1.29, 1.82) is 5.26 Å². The molecule has 0 aliphatic heterocycles. The van der Waals surface area contributed by atoms with E-state index in [2.05, 4.69) is 10.3 Å². The lowest BCUT2D eigenvalue weighted by Crippen LogP contribution is -2.21. The molecular formula is C28H23N5O4S. The lowest BCUT2D eigenvalue weighted by molar-refractivity contribution is -0.112. The molecule has 4 aromatic rings. The molecule has 0 saturated carbocycles. The summed E-state index contributed by atoms with van der Waals surface area (Å²) < 4.78 is 7.24. The zero-order valence-electron chi connectivity index (χ0n) is 20.5. The maximum Gasteiger partial charge on any atom is 0.269 e. The molecule has 1 aromatic carbocycles. The number of ether oxygens (including phenoxy) is 1. The van der Waals surface area contributed by atoms with E-state index in [1.54, 1.807) is 36.5 Å². The first-order valence-corrected chi connectivity index (χ1v) is 12.8. The minimum atomic E-state index is -0.771. The molecule has 0 radical (unpaired) electrons. The summed E-state index contributed by atoms with van der Waals surface area (Å²) >= 11 is 1.29. The summed E-state index contributed by atoms with van der Waals surface area (Å²) in [4.78, 5) is 44.3. The summed E-state index contributed by atoms with van der Waals surface area (Å²) in [6.45, 7) is 1.93. The van der Waals surface area contributed by atoms with Crippen LogP contribution in [0.1, 0.15) is 44.8 Å². The highest BCUT2D eigenvalue weighted by molar-refractivity contribution is 7.17. The van der Waals surface area contributed by atoms with Gasteiger partial charge in [-0.1, -0.05) is 23.8 Å². The molecule has 1 aliphatic rings. The van der Waals surface area contributed by atoms with Gasteiger partial charge in [-0.2, -0.15) is 10.2 Å². The van der Waals surface area contributed by atoms with Gasteiger partial charge in [-0.25, -0.2) is 0 Å². The van der Waals surface area contributed by atoms with Crippen LogP contribution in [0, 0.1) is 18.3 Å². The molecular weight excluding hydrogens is 502 g/mol. The van der Waals surface area contributed by atoms with Crippen LogP contribution in [0.4, 0.5) is 5.00 Å². The van der Waals surface area contributed by atoms with E-state index in [1.807, 2.05) is 25.1 Å². The van der Waals surface area contributed by atoms with E-state index in [0.717, 1.165) is 41.3 Å². The number of aromatic nitrogens is 2. The van der Waals surface area contributed by atoms with Crippen molar-refractivity contribution < 1.29 is 14.3 Å². The number of hydrogen-bond acceptors (Lipinski definition) is 7. The number of benzene rings is 1. The van der Waals surface area contributed by atoms with E-state index in [9.17, 15) is 19.6 Å². The van der Waals surface area contributed by atoms with Gasteiger partial charge in [-0.3, -0.25) is 18.8 Å². The van der Waals surface area contributed by atoms with Crippen molar-refractivity contribution in [3.63, 3.8) is 0 Å². The smallest absolute Gasteiger partial charge is 0.269 e. The molecule has 0 spiro atoms. The van der Waals surface area contributed by atoms with Gasteiger partial charge in [0.2, 0.25) is 5.88 Å². The number of carbonyl (C=O) groups excluding carboxylic acids is 2. The molecule has 1 aliphatic carbocycles. The molecule has 0 atom stereocenters. The Balaban J connectivity index is 1.56. The SMILES string of the molecule is Cc1ccc(Oc2nc3ccccn3c(=O)c2/C=C(\C#N)C(=O)Nc2sc3c(c2C(N)=O)CCCC3)cc1. The van der Waals surface area contributed by atoms with Crippen LogP contribution in [-0.4, -0.2) is 21.2 Å². The van der Waals surface area contributed by atoms with Crippen molar-refractivity contribution in [1.82, 2.24) is 9.38 Å². The van der Waals surface area contributed by atoms with Crippen LogP contribution in [0.15, 0.2) is 59.0 Å². The van der Waals surface area contributed by atoms with Gasteiger partial charge in [0, 0.05) is 11.1 Å². The van der Waals surface area contributed by atoms with E-state index in [-0.39, 0.29) is 22.6 Å². The van der Waals surface area contributed by atoms with Gasteiger partial charge < -0.3 is 15.8 Å². The Morgan fingerprint density at radius 1 is 1.18 bits per heavy atom. The lowest BCUT2D eigenvalue weighted by atomic mass is 9.95. The van der Waals surface area contributed by atoms with Crippen LogP contribution in [0.25, 0.3) is 11.7 Å². The number of fused-ring (bicyclic) bond motifs is 2. The molecule has 190 valence electrons. The van der Waals surface area contributed by atoms with E-state index >= 15 is 0 Å². The van der Waals surface area contributed by atoms with Gasteiger partial charge in [-0.05, 0) is 68.5 Å². The lowest BCUT2D eigenvalue weighted by Gasteiger charge is -2.11. The van der Waals surface area contributed by atoms with Crippen molar-refractivity contribution in [3.05, 3.63) is 91.7 Å². The first-order chi connectivity index (χ1) is 18.4. The number of aryl methyl sites for hydroxylation is 2. The molecule has 0 unspecified atom stereocenters. The number of amides is 2. The molecule has 10 heteroatoms. The summed E-state index contributed by atoms with van der Waals surface area (Å²) in [6, 6.07) is 14.1. The highest BCUT2D eigenvalue weighted by Crippen LogP contribution is 2.38. The molecule has 0 bridgehead atoms. The first-order valence-electron chi connectivity index (χ1n) is 12.0. The van der Waals surface area contributed by atoms with Crippen molar-refractivity contribution in [2.24, 2.45) is 5.73 Å². The second-order valence-corrected chi connectivity index (χ2v) is 9.99. The number of primary amides is 1. The molecule has 3 heterocycles. The fourth-order valence-electron chi connectivity index (χ4n) is 4.38. The minimum absolute atomic E-state index is 0.0463. The fraction of sp³-hybridized carbons (Fsp3) is 0.179. The number of nitriles is 1. The number of pyridine rings is 1. The summed E-state index contributed by atoms with van der Waals surface area (Å²) in [6.07, 6.45) is 6.13. The number of hydrogen-bond donors (Lipinski definition) is 2. The van der Waals surface area contributed by atoms with Crippen molar-refractivity contribution in [2.75, 3.05) is 5.32 Å². The van der Waals surface area contributed by atoms with Gasteiger partial charge in [0.05, 0.1) is 5.56 Å². The van der Waals surface area contributed by atoms with E-state index < -0.39 is 17.4 Å². The normalized spacial score (nSPS) is 13.0. The summed E-state index contributed by atoms with van der Waals surface area (Å²) in [7, 11) is 0. The number of nitrogens with two attached hydrogens (primary N) is 1. The predicted molar refractivity (Wildman–Crippen MR) is 144 cm³/mol. The van der Waals surface area contributed by atoms with Crippen LogP contribution in [-0.2, 0) is 17.6 Å². The highest BCUT2D eigenvalue weighted by atomic mass is 32.1. The Morgan fingerprint density at radius 3 is 2.68 bits per heavy atom. The summed E-state index contributed by atoms with van der Waals surface area (Å²) in [5, 5.41) is 12.8. The molecule has 3 N–H and O–H groups in total. The predicted octanol–water partition coefficient (Wildman–Crippen LogP) is 4.38. The van der Waals surface area contributed by atoms with E-state index in [0.29, 0.717) is 22.8 Å². The second-order valence-electron chi connectivity index (χ2n) is 8.88. The third kappa shape index (κ3) is 4.79. The van der Waals surface area contributed by atoms with Gasteiger partial charge in [-0.15, -0.1) is 11.3 Å². The van der Waals surface area contributed by atoms with Gasteiger partial charge in [0.1, 0.15) is 33.6 Å².